The molecule has 0 radical (unpaired) electrons. The summed E-state index contributed by atoms with van der Waals surface area (Å²) in [6.45, 7) is 1.09. The van der Waals surface area contributed by atoms with Crippen LogP contribution >= 0.6 is 11.6 Å². The third-order valence-corrected chi connectivity index (χ3v) is 6.37. The number of amides is 1. The predicted molar refractivity (Wildman–Crippen MR) is 130 cm³/mol. The molecule has 1 amide bonds. The molecule has 1 fully saturated rings. The van der Waals surface area contributed by atoms with Crippen LogP contribution in [0.25, 0.3) is 0 Å². The summed E-state index contributed by atoms with van der Waals surface area (Å²) in [6.07, 6.45) is -5.80. The molecule has 0 aromatic heterocycles. The molecule has 5 nitrogen and oxygen atoms in total. The van der Waals surface area contributed by atoms with Gasteiger partial charge in [0, 0.05) is 24.7 Å². The smallest absolute Gasteiger partial charge is 0.416 e. The van der Waals surface area contributed by atoms with Gasteiger partial charge in [-0.3, -0.25) is 4.90 Å². The van der Waals surface area contributed by atoms with Crippen molar-refractivity contribution in [2.24, 2.45) is 0 Å². The third kappa shape index (κ3) is 6.78. The van der Waals surface area contributed by atoms with Crippen molar-refractivity contribution in [2.45, 2.75) is 38.0 Å². The molecule has 36 heavy (non-hydrogen) atoms. The number of nitrogens with zero attached hydrogens (tertiary/aromatic N) is 2. The lowest BCUT2D eigenvalue weighted by Gasteiger charge is -2.31. The summed E-state index contributed by atoms with van der Waals surface area (Å²) in [7, 11) is 0. The highest BCUT2D eigenvalue weighted by Gasteiger charge is 2.38. The molecule has 1 aliphatic rings. The number of aliphatic hydroxyl groups excluding tert-OH is 1. The molecule has 0 unspecified atom stereocenters. The Morgan fingerprint density at radius 2 is 1.61 bits per heavy atom. The maximum absolute atomic E-state index is 13.0. The van der Waals surface area contributed by atoms with Gasteiger partial charge in [0.25, 0.3) is 0 Å². The Labute approximate surface area is 212 Å². The summed E-state index contributed by atoms with van der Waals surface area (Å²) >= 11 is 6.14. The maximum Gasteiger partial charge on any atom is 0.416 e. The highest BCUT2D eigenvalue weighted by Crippen LogP contribution is 2.30. The highest BCUT2D eigenvalue weighted by molar-refractivity contribution is 6.30. The zero-order chi connectivity index (χ0) is 25.7. The average Bonchev–Trinajstić information content (AvgIpc) is 3.24. The second-order valence-electron chi connectivity index (χ2n) is 8.81. The minimum absolute atomic E-state index is 0.0946. The van der Waals surface area contributed by atoms with Crippen molar-refractivity contribution in [3.05, 3.63) is 106 Å². The highest BCUT2D eigenvalue weighted by atomic mass is 35.5. The molecule has 4 rings (SSSR count). The van der Waals surface area contributed by atoms with Crippen LogP contribution in [0.1, 0.15) is 22.3 Å². The van der Waals surface area contributed by atoms with E-state index >= 15 is 0 Å². The number of benzene rings is 3. The normalized spacial score (nSPS) is 18.0. The molecule has 0 bridgehead atoms. The zero-order valence-corrected chi connectivity index (χ0v) is 20.1. The van der Waals surface area contributed by atoms with Gasteiger partial charge >= 0.3 is 12.3 Å². The fourth-order valence-corrected chi connectivity index (χ4v) is 4.49. The Morgan fingerprint density at radius 3 is 2.28 bits per heavy atom. The molecule has 3 aromatic rings. The van der Waals surface area contributed by atoms with Gasteiger partial charge in [-0.15, -0.1) is 0 Å². The molecule has 190 valence electrons. The first kappa shape index (κ1) is 26.0. The molecular formula is C27H26ClF3N2O3. The van der Waals surface area contributed by atoms with Crippen molar-refractivity contribution in [3.8, 4) is 0 Å². The van der Waals surface area contributed by atoms with E-state index in [2.05, 4.69) is 0 Å². The van der Waals surface area contributed by atoms with E-state index in [1.807, 2.05) is 47.4 Å². The second kappa shape index (κ2) is 11.3. The Bertz CT molecular complexity index is 1160. The maximum atomic E-state index is 13.0. The SMILES string of the molecule is O=C(OCc1ccccc1)N1C[C@@H](O)[C@H](N(Cc2ccc(C(F)(F)F)cc2)Cc2cccc(Cl)c2)C1. The largest absolute Gasteiger partial charge is 0.445 e. The van der Waals surface area contributed by atoms with Crippen LogP contribution in [0.15, 0.2) is 78.9 Å². The standard InChI is InChI=1S/C27H26ClF3N2O3/c28-23-8-4-7-21(13-23)15-32(14-19-9-11-22(12-10-19)27(29,30)31)24-16-33(17-25(24)34)26(35)36-18-20-5-2-1-3-6-20/h1-13,24-25,34H,14-18H2/t24-,25-/m1/s1. The van der Waals surface area contributed by atoms with Crippen molar-refractivity contribution in [2.75, 3.05) is 13.1 Å². The van der Waals surface area contributed by atoms with Gasteiger partial charge in [-0.1, -0.05) is 66.2 Å². The topological polar surface area (TPSA) is 53.0 Å². The number of rotatable bonds is 7. The van der Waals surface area contributed by atoms with Crippen LogP contribution in [0.4, 0.5) is 18.0 Å². The van der Waals surface area contributed by atoms with E-state index in [0.29, 0.717) is 17.1 Å². The first-order chi connectivity index (χ1) is 17.2. The second-order valence-corrected chi connectivity index (χ2v) is 9.25. The van der Waals surface area contributed by atoms with Gasteiger partial charge in [0.05, 0.1) is 24.3 Å². The van der Waals surface area contributed by atoms with Crippen LogP contribution < -0.4 is 0 Å². The number of alkyl halides is 3. The van der Waals surface area contributed by atoms with Crippen LogP contribution in [0.2, 0.25) is 5.02 Å². The number of ether oxygens (including phenoxy) is 1. The number of aliphatic hydroxyl groups is 1. The van der Waals surface area contributed by atoms with Crippen LogP contribution in [0.3, 0.4) is 0 Å². The zero-order valence-electron chi connectivity index (χ0n) is 19.4. The van der Waals surface area contributed by atoms with Gasteiger partial charge in [-0.05, 0) is 41.0 Å². The summed E-state index contributed by atoms with van der Waals surface area (Å²) in [5.41, 5.74) is 1.67. The minimum atomic E-state index is -4.42. The summed E-state index contributed by atoms with van der Waals surface area (Å²) < 4.78 is 44.4. The van der Waals surface area contributed by atoms with E-state index in [0.717, 1.165) is 23.3 Å². The fourth-order valence-electron chi connectivity index (χ4n) is 4.28. The van der Waals surface area contributed by atoms with Gasteiger partial charge in [-0.2, -0.15) is 13.2 Å². The number of hydrogen-bond acceptors (Lipinski definition) is 4. The molecule has 0 saturated carbocycles. The molecule has 0 aliphatic carbocycles. The molecule has 2 atom stereocenters. The number of carbonyl (C=O) groups is 1. The molecule has 1 aliphatic heterocycles. The third-order valence-electron chi connectivity index (χ3n) is 6.13. The summed E-state index contributed by atoms with van der Waals surface area (Å²) in [6, 6.07) is 21.0. The Hall–Kier alpha value is -3.07. The molecule has 9 heteroatoms. The Kier molecular flexibility index (Phi) is 8.18. The van der Waals surface area contributed by atoms with Crippen molar-refractivity contribution in [1.82, 2.24) is 9.80 Å². The average molecular weight is 519 g/mol. The summed E-state index contributed by atoms with van der Waals surface area (Å²) in [5.74, 6) is 0. The van der Waals surface area contributed by atoms with Crippen LogP contribution in [-0.4, -0.2) is 46.2 Å². The van der Waals surface area contributed by atoms with Crippen molar-refractivity contribution >= 4 is 17.7 Å². The lowest BCUT2D eigenvalue weighted by Crippen LogP contribution is -2.42. The molecule has 1 saturated heterocycles. The summed E-state index contributed by atoms with van der Waals surface area (Å²) in [5, 5.41) is 11.4. The molecule has 1 N–H and O–H groups in total. The molecule has 1 heterocycles. The lowest BCUT2D eigenvalue weighted by molar-refractivity contribution is -0.137. The molecular weight excluding hydrogens is 493 g/mol. The van der Waals surface area contributed by atoms with E-state index in [4.69, 9.17) is 16.3 Å². The monoisotopic (exact) mass is 518 g/mol. The van der Waals surface area contributed by atoms with Crippen LogP contribution in [0.5, 0.6) is 0 Å². The van der Waals surface area contributed by atoms with Gasteiger partial charge in [-0.25, -0.2) is 4.79 Å². The van der Waals surface area contributed by atoms with E-state index in [1.165, 1.54) is 17.0 Å². The first-order valence-corrected chi connectivity index (χ1v) is 11.8. The first-order valence-electron chi connectivity index (χ1n) is 11.5. The van der Waals surface area contributed by atoms with Crippen LogP contribution in [0, 0.1) is 0 Å². The Balaban J connectivity index is 1.48. The van der Waals surface area contributed by atoms with Gasteiger partial charge in [0.1, 0.15) is 6.61 Å². The Morgan fingerprint density at radius 1 is 0.944 bits per heavy atom. The number of carbonyl (C=O) groups excluding carboxylic acids is 1. The van der Waals surface area contributed by atoms with E-state index in [-0.39, 0.29) is 26.2 Å². The van der Waals surface area contributed by atoms with E-state index < -0.39 is 30.0 Å². The minimum Gasteiger partial charge on any atom is -0.445 e. The van der Waals surface area contributed by atoms with Crippen LogP contribution in [-0.2, 0) is 30.6 Å². The van der Waals surface area contributed by atoms with E-state index in [9.17, 15) is 23.1 Å². The van der Waals surface area contributed by atoms with Gasteiger partial charge < -0.3 is 14.7 Å². The number of halogens is 4. The lowest BCUT2D eigenvalue weighted by atomic mass is 10.1. The van der Waals surface area contributed by atoms with Crippen molar-refractivity contribution in [3.63, 3.8) is 0 Å². The van der Waals surface area contributed by atoms with Gasteiger partial charge in [0.15, 0.2) is 0 Å². The van der Waals surface area contributed by atoms with Crippen molar-refractivity contribution < 1.29 is 27.8 Å². The van der Waals surface area contributed by atoms with E-state index in [1.54, 1.807) is 12.1 Å². The summed E-state index contributed by atoms with van der Waals surface area (Å²) in [4.78, 5) is 16.1. The van der Waals surface area contributed by atoms with Gasteiger partial charge in [0.2, 0.25) is 0 Å². The van der Waals surface area contributed by atoms with Crippen molar-refractivity contribution in [1.29, 1.82) is 0 Å². The molecule has 3 aromatic carbocycles. The predicted octanol–water partition coefficient (Wildman–Crippen LogP) is 5.74. The quantitative estimate of drug-likeness (QED) is 0.433. The number of β-amino-alcohol motifs (C(OH)–C–C–N with tert-alkyl or cyclic N) is 1. The number of likely N-dealkylation sites (tertiary alicyclic amines) is 1. The molecule has 0 spiro atoms. The number of hydrogen-bond donors (Lipinski definition) is 1. The fraction of sp³-hybridized carbons (Fsp3) is 0.296.